The van der Waals surface area contributed by atoms with Gasteiger partial charge in [-0.1, -0.05) is 18.6 Å². The number of hydrogen-bond donors (Lipinski definition) is 1. The minimum Gasteiger partial charge on any atom is -0.481 e. The molecule has 1 fully saturated rings. The number of hydrogen-bond acceptors (Lipinski definition) is 3. The molecule has 0 spiro atoms. The molecule has 120 valence electrons. The maximum absolute atomic E-state index is 12.2. The molecule has 5 nitrogen and oxygen atoms in total. The highest BCUT2D eigenvalue weighted by Gasteiger charge is 2.46. The van der Waals surface area contributed by atoms with Gasteiger partial charge >= 0.3 is 5.97 Å². The smallest absolute Gasteiger partial charge is 0.310 e. The van der Waals surface area contributed by atoms with Crippen LogP contribution in [0.2, 0.25) is 0 Å². The second-order valence-corrected chi connectivity index (χ2v) is 7.34. The standard InChI is InChI=1S/C16H21NO4S/c1-17(11-12-4-6-13(7-5-12)22(2)21)14(18)10-16(15(19)20)8-3-9-16/h4-7H,3,8-11H2,1-2H3,(H,19,20). The quantitative estimate of drug-likeness (QED) is 0.869. The summed E-state index contributed by atoms with van der Waals surface area (Å²) in [7, 11) is 0.666. The lowest BCUT2D eigenvalue weighted by molar-refractivity contribution is -0.159. The van der Waals surface area contributed by atoms with Crippen molar-refractivity contribution in [2.45, 2.75) is 37.1 Å². The van der Waals surface area contributed by atoms with Crippen LogP contribution in [0.4, 0.5) is 0 Å². The number of carboxylic acids is 1. The number of nitrogens with zero attached hydrogens (tertiary/aromatic N) is 1. The fourth-order valence-corrected chi connectivity index (χ4v) is 3.16. The van der Waals surface area contributed by atoms with Crippen molar-refractivity contribution in [2.75, 3.05) is 13.3 Å². The van der Waals surface area contributed by atoms with Crippen LogP contribution < -0.4 is 0 Å². The van der Waals surface area contributed by atoms with Gasteiger partial charge < -0.3 is 10.0 Å². The topological polar surface area (TPSA) is 74.7 Å². The minimum atomic E-state index is -1.02. The Balaban J connectivity index is 1.96. The molecule has 1 amide bonds. The van der Waals surface area contributed by atoms with Crippen LogP contribution in [0.3, 0.4) is 0 Å². The molecule has 1 aliphatic rings. The molecule has 0 saturated heterocycles. The Morgan fingerprint density at radius 3 is 2.27 bits per heavy atom. The summed E-state index contributed by atoms with van der Waals surface area (Å²) < 4.78 is 11.3. The largest absolute Gasteiger partial charge is 0.481 e. The fraction of sp³-hybridized carbons (Fsp3) is 0.500. The van der Waals surface area contributed by atoms with Gasteiger partial charge in [0.25, 0.3) is 0 Å². The minimum absolute atomic E-state index is 0.0654. The molecule has 1 aliphatic carbocycles. The van der Waals surface area contributed by atoms with Gasteiger partial charge in [0.05, 0.1) is 5.41 Å². The first-order chi connectivity index (χ1) is 10.3. The lowest BCUT2D eigenvalue weighted by Gasteiger charge is -2.38. The summed E-state index contributed by atoms with van der Waals surface area (Å²) in [4.78, 5) is 25.9. The Morgan fingerprint density at radius 1 is 1.27 bits per heavy atom. The van der Waals surface area contributed by atoms with Crippen molar-refractivity contribution in [1.82, 2.24) is 4.90 Å². The second kappa shape index (κ2) is 6.60. The van der Waals surface area contributed by atoms with E-state index in [1.807, 2.05) is 12.1 Å². The van der Waals surface area contributed by atoms with Gasteiger partial charge in [0.1, 0.15) is 0 Å². The molecule has 2 rings (SSSR count). The molecule has 0 aromatic heterocycles. The molecule has 6 heteroatoms. The summed E-state index contributed by atoms with van der Waals surface area (Å²) in [6, 6.07) is 7.26. The first-order valence-corrected chi connectivity index (χ1v) is 8.80. The summed E-state index contributed by atoms with van der Waals surface area (Å²) in [5.41, 5.74) is 0.0805. The summed E-state index contributed by atoms with van der Waals surface area (Å²) in [6.07, 6.45) is 3.72. The van der Waals surface area contributed by atoms with E-state index in [4.69, 9.17) is 0 Å². The van der Waals surface area contributed by atoms with Crippen LogP contribution in [0.5, 0.6) is 0 Å². The summed E-state index contributed by atoms with van der Waals surface area (Å²) in [6.45, 7) is 0.422. The van der Waals surface area contributed by atoms with Crippen LogP contribution in [-0.2, 0) is 26.9 Å². The lowest BCUT2D eigenvalue weighted by atomic mass is 9.66. The Bertz CT molecular complexity index is 593. The molecule has 22 heavy (non-hydrogen) atoms. The zero-order valence-electron chi connectivity index (χ0n) is 12.9. The van der Waals surface area contributed by atoms with Crippen LogP contribution in [0.1, 0.15) is 31.2 Å². The van der Waals surface area contributed by atoms with Crippen molar-refractivity contribution in [3.05, 3.63) is 29.8 Å². The maximum Gasteiger partial charge on any atom is 0.310 e. The third kappa shape index (κ3) is 3.55. The van der Waals surface area contributed by atoms with Gasteiger partial charge in [-0.15, -0.1) is 0 Å². The van der Waals surface area contributed by atoms with E-state index in [1.165, 1.54) is 0 Å². The SMILES string of the molecule is CN(Cc1ccc(S(C)=O)cc1)C(=O)CC1(C(=O)O)CCC1. The number of rotatable bonds is 6. The van der Waals surface area contributed by atoms with Gasteiger partial charge in [-0.2, -0.15) is 0 Å². The Labute approximate surface area is 132 Å². The van der Waals surface area contributed by atoms with Crippen LogP contribution in [0.15, 0.2) is 29.2 Å². The van der Waals surface area contributed by atoms with Crippen LogP contribution in [-0.4, -0.2) is 39.4 Å². The lowest BCUT2D eigenvalue weighted by Crippen LogP contribution is -2.42. The van der Waals surface area contributed by atoms with Crippen molar-refractivity contribution < 1.29 is 18.9 Å². The summed E-state index contributed by atoms with van der Waals surface area (Å²) >= 11 is 0. The molecule has 1 aromatic rings. The molecule has 0 aliphatic heterocycles. The van der Waals surface area contributed by atoms with E-state index >= 15 is 0 Å². The van der Waals surface area contributed by atoms with Gasteiger partial charge in [0.15, 0.2) is 0 Å². The summed E-state index contributed by atoms with van der Waals surface area (Å²) in [5.74, 6) is -1.01. The predicted molar refractivity (Wildman–Crippen MR) is 83.8 cm³/mol. The van der Waals surface area contributed by atoms with Crippen LogP contribution in [0.25, 0.3) is 0 Å². The molecule has 0 bridgehead atoms. The summed E-state index contributed by atoms with van der Waals surface area (Å²) in [5, 5.41) is 9.29. The predicted octanol–water partition coefficient (Wildman–Crippen LogP) is 2.03. The van der Waals surface area contributed by atoms with E-state index < -0.39 is 22.2 Å². The average molecular weight is 323 g/mol. The number of carboxylic acid groups (broad SMARTS) is 1. The Hall–Kier alpha value is -1.69. The van der Waals surface area contributed by atoms with Gasteiger partial charge in [-0.3, -0.25) is 13.8 Å². The molecule has 1 N–H and O–H groups in total. The molecule has 1 aromatic carbocycles. The van der Waals surface area contributed by atoms with E-state index in [0.717, 1.165) is 16.9 Å². The van der Waals surface area contributed by atoms with Crippen molar-refractivity contribution in [1.29, 1.82) is 0 Å². The molecular formula is C16H21NO4S. The highest BCUT2D eigenvalue weighted by Crippen LogP contribution is 2.44. The van der Waals surface area contributed by atoms with Gasteiger partial charge in [-0.25, -0.2) is 0 Å². The van der Waals surface area contributed by atoms with Crippen LogP contribution in [0, 0.1) is 5.41 Å². The van der Waals surface area contributed by atoms with Crippen LogP contribution >= 0.6 is 0 Å². The number of aliphatic carboxylic acids is 1. The van der Waals surface area contributed by atoms with Crippen molar-refractivity contribution in [3.63, 3.8) is 0 Å². The number of benzene rings is 1. The zero-order valence-corrected chi connectivity index (χ0v) is 13.7. The van der Waals surface area contributed by atoms with E-state index in [9.17, 15) is 18.9 Å². The van der Waals surface area contributed by atoms with Crippen molar-refractivity contribution in [3.8, 4) is 0 Å². The van der Waals surface area contributed by atoms with E-state index in [1.54, 1.807) is 30.3 Å². The first kappa shape index (κ1) is 16.7. The monoisotopic (exact) mass is 323 g/mol. The number of carbonyl (C=O) groups excluding carboxylic acids is 1. The highest BCUT2D eigenvalue weighted by atomic mass is 32.2. The van der Waals surface area contributed by atoms with Gasteiger partial charge in [0, 0.05) is 42.0 Å². The molecular weight excluding hydrogens is 302 g/mol. The third-order valence-electron chi connectivity index (χ3n) is 4.35. The molecule has 1 unspecified atom stereocenters. The normalized spacial score (nSPS) is 17.4. The number of amides is 1. The zero-order chi connectivity index (χ0) is 16.3. The Morgan fingerprint density at radius 2 is 1.86 bits per heavy atom. The third-order valence-corrected chi connectivity index (χ3v) is 5.29. The van der Waals surface area contributed by atoms with E-state index in [0.29, 0.717) is 19.4 Å². The van der Waals surface area contributed by atoms with Crippen molar-refractivity contribution in [2.24, 2.45) is 5.41 Å². The maximum atomic E-state index is 12.2. The highest BCUT2D eigenvalue weighted by molar-refractivity contribution is 7.84. The van der Waals surface area contributed by atoms with Crippen molar-refractivity contribution >= 4 is 22.7 Å². The van der Waals surface area contributed by atoms with Gasteiger partial charge in [-0.05, 0) is 30.5 Å². The molecule has 1 atom stereocenters. The van der Waals surface area contributed by atoms with Gasteiger partial charge in [0.2, 0.25) is 5.91 Å². The average Bonchev–Trinajstić information content (AvgIpc) is 2.42. The second-order valence-electron chi connectivity index (χ2n) is 5.96. The first-order valence-electron chi connectivity index (χ1n) is 7.24. The molecule has 0 heterocycles. The molecule has 0 radical (unpaired) electrons. The van der Waals surface area contributed by atoms with E-state index in [-0.39, 0.29) is 12.3 Å². The Kier molecular flexibility index (Phi) is 5.01. The fourth-order valence-electron chi connectivity index (χ4n) is 2.64. The number of carbonyl (C=O) groups is 2. The molecule has 1 saturated carbocycles. The van der Waals surface area contributed by atoms with E-state index in [2.05, 4.69) is 0 Å².